The largest absolute Gasteiger partial charge is 0.497 e. The summed E-state index contributed by atoms with van der Waals surface area (Å²) in [6.07, 6.45) is 4.69. The standard InChI is InChI=1S/C26H29N3O3/c1-30-21-5-7-25(8-6-21)15-19-4-3-18(20-11-17(16-27)12-22(13-20)31-2)14-23(19)26(25)9-10-32-24(28)29-26/h3-4,11-14,21H,5-10,15H2,1-2H3,(H2,28,29)/i10D2. The van der Waals surface area contributed by atoms with Crippen LogP contribution in [0, 0.1) is 16.7 Å². The van der Waals surface area contributed by atoms with E-state index in [1.165, 1.54) is 0 Å². The zero-order valence-electron chi connectivity index (χ0n) is 20.5. The van der Waals surface area contributed by atoms with Gasteiger partial charge in [-0.3, -0.25) is 0 Å². The van der Waals surface area contributed by atoms with E-state index in [1.807, 2.05) is 12.1 Å². The Hall–Kier alpha value is -3.04. The molecule has 2 aliphatic carbocycles. The van der Waals surface area contributed by atoms with Crippen molar-refractivity contribution in [3.8, 4) is 22.9 Å². The van der Waals surface area contributed by atoms with E-state index in [0.29, 0.717) is 11.3 Å². The number of fused-ring (bicyclic) bond motifs is 3. The summed E-state index contributed by atoms with van der Waals surface area (Å²) in [5.74, 6) is 0.614. The van der Waals surface area contributed by atoms with Crippen molar-refractivity contribution in [2.75, 3.05) is 20.8 Å². The van der Waals surface area contributed by atoms with Crippen LogP contribution in [-0.4, -0.2) is 32.9 Å². The topological polar surface area (TPSA) is 89.9 Å². The average molecular weight is 434 g/mol. The maximum absolute atomic E-state index is 9.47. The highest BCUT2D eigenvalue weighted by atomic mass is 16.5. The van der Waals surface area contributed by atoms with Crippen molar-refractivity contribution in [3.05, 3.63) is 53.1 Å². The normalized spacial score (nSPS) is 31.2. The fourth-order valence-corrected chi connectivity index (χ4v) is 5.94. The van der Waals surface area contributed by atoms with Crippen molar-refractivity contribution in [2.45, 2.75) is 50.2 Å². The lowest BCUT2D eigenvalue weighted by Gasteiger charge is -2.49. The van der Waals surface area contributed by atoms with Gasteiger partial charge in [0.2, 0.25) is 0 Å². The third-order valence-corrected chi connectivity index (χ3v) is 7.60. The van der Waals surface area contributed by atoms with E-state index < -0.39 is 12.1 Å². The lowest BCUT2D eigenvalue weighted by molar-refractivity contribution is -0.0148. The van der Waals surface area contributed by atoms with Gasteiger partial charge in [-0.25, -0.2) is 4.99 Å². The molecule has 5 rings (SSSR count). The number of aliphatic imine (C=N–C) groups is 1. The molecule has 1 saturated carbocycles. The van der Waals surface area contributed by atoms with Crippen molar-refractivity contribution >= 4 is 6.02 Å². The Bertz CT molecular complexity index is 1200. The Kier molecular flexibility index (Phi) is 4.53. The van der Waals surface area contributed by atoms with Gasteiger partial charge in [0, 0.05) is 18.9 Å². The van der Waals surface area contributed by atoms with E-state index in [9.17, 15) is 5.26 Å². The number of hydrogen-bond acceptors (Lipinski definition) is 6. The summed E-state index contributed by atoms with van der Waals surface area (Å²) >= 11 is 0. The summed E-state index contributed by atoms with van der Waals surface area (Å²) in [6, 6.07) is 13.8. The average Bonchev–Trinajstić information content (AvgIpc) is 3.05. The minimum absolute atomic E-state index is 0.101. The van der Waals surface area contributed by atoms with Gasteiger partial charge in [0.1, 0.15) is 11.3 Å². The van der Waals surface area contributed by atoms with E-state index >= 15 is 0 Å². The fraction of sp³-hybridized carbons (Fsp3) is 0.462. The number of methoxy groups -OCH3 is 2. The summed E-state index contributed by atoms with van der Waals surface area (Å²) in [5.41, 5.74) is 9.50. The Labute approximate surface area is 191 Å². The van der Waals surface area contributed by atoms with Gasteiger partial charge in [-0.15, -0.1) is 0 Å². The number of rotatable bonds is 3. The third-order valence-electron chi connectivity index (χ3n) is 7.60. The summed E-state index contributed by atoms with van der Waals surface area (Å²) in [5, 5.41) is 9.47. The highest BCUT2D eigenvalue weighted by Crippen LogP contribution is 2.62. The second-order valence-electron chi connectivity index (χ2n) is 9.06. The van der Waals surface area contributed by atoms with Crippen LogP contribution >= 0.6 is 0 Å². The molecule has 2 aromatic carbocycles. The van der Waals surface area contributed by atoms with Gasteiger partial charge in [0.25, 0.3) is 6.02 Å². The zero-order chi connectivity index (χ0) is 24.1. The molecule has 32 heavy (non-hydrogen) atoms. The predicted molar refractivity (Wildman–Crippen MR) is 122 cm³/mol. The van der Waals surface area contributed by atoms with Crippen LogP contribution in [0.4, 0.5) is 0 Å². The number of nitriles is 1. The molecule has 2 spiro atoms. The van der Waals surface area contributed by atoms with Crippen LogP contribution in [-0.2, 0) is 21.4 Å². The smallest absolute Gasteiger partial charge is 0.282 e. The lowest BCUT2D eigenvalue weighted by atomic mass is 9.60. The monoisotopic (exact) mass is 433 g/mol. The van der Waals surface area contributed by atoms with E-state index in [4.69, 9.17) is 27.7 Å². The number of amidine groups is 1. The molecule has 0 aromatic heterocycles. The molecule has 6 heteroatoms. The van der Waals surface area contributed by atoms with Gasteiger partial charge in [-0.1, -0.05) is 12.1 Å². The number of nitrogens with zero attached hydrogens (tertiary/aromatic N) is 2. The fourth-order valence-electron chi connectivity index (χ4n) is 5.94. The van der Waals surface area contributed by atoms with Crippen LogP contribution in [0.5, 0.6) is 5.75 Å². The van der Waals surface area contributed by atoms with Crippen LogP contribution in [0.1, 0.15) is 51.5 Å². The number of hydrogen-bond donors (Lipinski definition) is 1. The number of nitrogens with two attached hydrogens (primary N) is 1. The van der Waals surface area contributed by atoms with Crippen molar-refractivity contribution in [1.29, 1.82) is 5.26 Å². The van der Waals surface area contributed by atoms with Crippen LogP contribution in [0.25, 0.3) is 11.1 Å². The highest BCUT2D eigenvalue weighted by Gasteiger charge is 2.59. The van der Waals surface area contributed by atoms with Gasteiger partial charge in [0.05, 0.1) is 34.1 Å². The molecule has 1 atom stereocenters. The molecule has 3 aliphatic rings. The van der Waals surface area contributed by atoms with Crippen LogP contribution < -0.4 is 10.5 Å². The molecule has 1 aliphatic heterocycles. The quantitative estimate of drug-likeness (QED) is 0.780. The SMILES string of the molecule is [2H]C1([2H])CC2(N=C(N)O1)c1cc(-c3cc(C#N)cc(OC)c3)ccc1CC21CCC(OC)CC1. The van der Waals surface area contributed by atoms with Gasteiger partial charge < -0.3 is 19.9 Å². The van der Waals surface area contributed by atoms with E-state index in [2.05, 4.69) is 24.3 Å². The van der Waals surface area contributed by atoms with Crippen molar-refractivity contribution in [3.63, 3.8) is 0 Å². The van der Waals surface area contributed by atoms with E-state index in [0.717, 1.165) is 54.4 Å². The molecular formula is C26H29N3O3. The number of ether oxygens (including phenoxy) is 3. The Morgan fingerprint density at radius 3 is 2.66 bits per heavy atom. The van der Waals surface area contributed by atoms with Crippen LogP contribution in [0.3, 0.4) is 0 Å². The Morgan fingerprint density at radius 1 is 1.16 bits per heavy atom. The first-order chi connectivity index (χ1) is 16.2. The van der Waals surface area contributed by atoms with Crippen LogP contribution in [0.15, 0.2) is 41.4 Å². The maximum atomic E-state index is 9.47. The molecule has 1 unspecified atom stereocenters. The minimum atomic E-state index is -1.92. The predicted octanol–water partition coefficient (Wildman–Crippen LogP) is 4.30. The molecule has 0 saturated heterocycles. The van der Waals surface area contributed by atoms with Gasteiger partial charge in [0.15, 0.2) is 0 Å². The van der Waals surface area contributed by atoms with Crippen LogP contribution in [0.2, 0.25) is 0 Å². The van der Waals surface area contributed by atoms with Gasteiger partial charge in [-0.05, 0) is 78.6 Å². The Balaban J connectivity index is 1.67. The molecule has 6 nitrogen and oxygen atoms in total. The lowest BCUT2D eigenvalue weighted by Crippen LogP contribution is -2.49. The first-order valence-electron chi connectivity index (χ1n) is 12.0. The zero-order valence-corrected chi connectivity index (χ0v) is 18.5. The van der Waals surface area contributed by atoms with Crippen molar-refractivity contribution < 1.29 is 17.0 Å². The molecular weight excluding hydrogens is 402 g/mol. The second-order valence-corrected chi connectivity index (χ2v) is 9.06. The second kappa shape index (κ2) is 7.83. The number of benzene rings is 2. The first-order valence-corrected chi connectivity index (χ1v) is 11.0. The molecule has 0 amide bonds. The van der Waals surface area contributed by atoms with E-state index in [1.54, 1.807) is 20.3 Å². The maximum Gasteiger partial charge on any atom is 0.282 e. The molecule has 2 N–H and O–H groups in total. The molecule has 166 valence electrons. The molecule has 0 bridgehead atoms. The molecule has 1 heterocycles. The summed E-state index contributed by atoms with van der Waals surface area (Å²) in [6.45, 7) is -1.92. The minimum Gasteiger partial charge on any atom is -0.497 e. The van der Waals surface area contributed by atoms with E-state index in [-0.39, 0.29) is 24.0 Å². The van der Waals surface area contributed by atoms with Crippen molar-refractivity contribution in [1.82, 2.24) is 0 Å². The summed E-state index contributed by atoms with van der Waals surface area (Å²) in [7, 11) is 3.33. The highest BCUT2D eigenvalue weighted by molar-refractivity contribution is 5.75. The third kappa shape index (κ3) is 3.15. The summed E-state index contributed by atoms with van der Waals surface area (Å²) < 4.78 is 33.3. The molecule has 2 aromatic rings. The molecule has 1 fully saturated rings. The molecule has 0 radical (unpaired) electrons. The summed E-state index contributed by atoms with van der Waals surface area (Å²) in [4.78, 5) is 4.89. The first kappa shape index (κ1) is 18.5. The van der Waals surface area contributed by atoms with Gasteiger partial charge in [-0.2, -0.15) is 5.26 Å². The van der Waals surface area contributed by atoms with Gasteiger partial charge >= 0.3 is 0 Å². The van der Waals surface area contributed by atoms with Crippen molar-refractivity contribution in [2.24, 2.45) is 16.1 Å². The Morgan fingerprint density at radius 2 is 1.97 bits per heavy atom.